The first kappa shape index (κ1) is 9.19. The molecule has 3 nitrogen and oxygen atoms in total. The van der Waals surface area contributed by atoms with Crippen LogP contribution in [0, 0.1) is 4.91 Å². The average Bonchev–Trinajstić information content (AvgIpc) is 1.37. The van der Waals surface area contributed by atoms with Crippen LogP contribution >= 0.6 is 11.9 Å². The van der Waals surface area contributed by atoms with Gasteiger partial charge >= 0.3 is 29.6 Å². The van der Waals surface area contributed by atoms with E-state index < -0.39 is 0 Å². The Labute approximate surface area is 56.0 Å². The predicted molar refractivity (Wildman–Crippen MR) is 19.9 cm³/mol. The summed E-state index contributed by atoms with van der Waals surface area (Å²) in [6.45, 7) is 0. The van der Waals surface area contributed by atoms with Crippen LogP contribution in [0.1, 0.15) is 0 Å². The Balaban J connectivity index is 0. The Morgan fingerprint density at radius 1 is 1.80 bits per heavy atom. The van der Waals surface area contributed by atoms with Crippen LogP contribution in [0.2, 0.25) is 0 Å². The van der Waals surface area contributed by atoms with Gasteiger partial charge in [-0.15, -0.1) is 4.91 Å². The summed E-state index contributed by atoms with van der Waals surface area (Å²) in [4.78, 5) is 8.57. The molecule has 26 valence electrons. The molecule has 0 saturated carbocycles. The van der Waals surface area contributed by atoms with Gasteiger partial charge in [0.25, 0.3) is 0 Å². The van der Waals surface area contributed by atoms with Crippen molar-refractivity contribution in [3.05, 3.63) is 4.91 Å². The van der Waals surface area contributed by atoms with Crippen LogP contribution in [0.25, 0.3) is 0 Å². The molecule has 0 aliphatic heterocycles. The zero-order valence-electron chi connectivity index (χ0n) is 1.64. The van der Waals surface area contributed by atoms with Gasteiger partial charge in [0, 0.05) is 0 Å². The van der Waals surface area contributed by atoms with E-state index in [0.717, 1.165) is 0 Å². The van der Waals surface area contributed by atoms with Gasteiger partial charge in [-0.1, -0.05) is 0 Å². The summed E-state index contributed by atoms with van der Waals surface area (Å²) in [6.07, 6.45) is 0. The van der Waals surface area contributed by atoms with Crippen molar-refractivity contribution in [2.45, 2.75) is 0 Å². The summed E-state index contributed by atoms with van der Waals surface area (Å²) < 4.78 is 3.08. The van der Waals surface area contributed by atoms with Crippen molar-refractivity contribution >= 4 is 41.4 Å². The quantitative estimate of drug-likeness (QED) is 0.271. The van der Waals surface area contributed by atoms with E-state index in [9.17, 15) is 0 Å². The van der Waals surface area contributed by atoms with Crippen molar-refractivity contribution < 1.29 is 4.39 Å². The average molecular weight is 105 g/mol. The van der Waals surface area contributed by atoms with Gasteiger partial charge in [0.05, 0.1) is 0 Å². The zero-order valence-corrected chi connectivity index (χ0v) is 2.40. The third-order valence-corrected chi connectivity index (χ3v) is 0.0845. The fourth-order valence-corrected chi connectivity index (χ4v) is 0. The summed E-state index contributed by atoms with van der Waals surface area (Å²) in [5.74, 6) is 0. The van der Waals surface area contributed by atoms with Crippen LogP contribution in [0.3, 0.4) is 0 Å². The van der Waals surface area contributed by atoms with Crippen molar-refractivity contribution in [3.63, 3.8) is 0 Å². The summed E-state index contributed by atoms with van der Waals surface area (Å²) in [6, 6.07) is 0. The van der Waals surface area contributed by atoms with E-state index in [-0.39, 0.29) is 29.6 Å². The molecule has 0 aliphatic carbocycles. The van der Waals surface area contributed by atoms with E-state index in [4.69, 9.17) is 4.91 Å². The minimum absolute atomic E-state index is 0. The molecule has 0 unspecified atom stereocenters. The second kappa shape index (κ2) is 8.83. The van der Waals surface area contributed by atoms with E-state index in [1.54, 1.807) is 5.34 Å². The van der Waals surface area contributed by atoms with Gasteiger partial charge in [-0.3, -0.25) is 0 Å². The molecule has 0 rings (SSSR count). The van der Waals surface area contributed by atoms with E-state index >= 15 is 0 Å². The molecule has 0 bridgehead atoms. The van der Waals surface area contributed by atoms with Gasteiger partial charge in [-0.2, -0.15) is 0 Å². The maximum atomic E-state index is 8.57. The van der Waals surface area contributed by atoms with Crippen molar-refractivity contribution in [3.8, 4) is 0 Å². The Morgan fingerprint density at radius 2 is 2.00 bits per heavy atom. The van der Waals surface area contributed by atoms with Gasteiger partial charge in [0.2, 0.25) is 0 Å². The maximum absolute atomic E-state index is 8.57. The molecule has 0 aromatic carbocycles. The van der Waals surface area contributed by atoms with Crippen LogP contribution < -0.4 is 0 Å². The van der Waals surface area contributed by atoms with Crippen molar-refractivity contribution in [1.29, 1.82) is 0 Å². The number of halogens is 1. The Hall–Kier alpha value is 0.690. The van der Waals surface area contributed by atoms with Gasteiger partial charge < -0.3 is 0 Å². The zero-order chi connectivity index (χ0) is 3.41. The van der Waals surface area contributed by atoms with Gasteiger partial charge in [-0.05, 0) is 0 Å². The third-order valence-electron chi connectivity index (χ3n) is 0.0282. The van der Waals surface area contributed by atoms with Crippen LogP contribution in [0.4, 0.5) is 0 Å². The second-order valence-corrected chi connectivity index (χ2v) is 0.282. The van der Waals surface area contributed by atoms with Crippen LogP contribution in [-0.4, -0.2) is 29.6 Å². The molecular formula is HClNNaO2. The van der Waals surface area contributed by atoms with Gasteiger partial charge in [0.1, 0.15) is 0 Å². The van der Waals surface area contributed by atoms with Gasteiger partial charge in [0.15, 0.2) is 17.2 Å². The first-order valence-corrected chi connectivity index (χ1v) is 0.828. The van der Waals surface area contributed by atoms with E-state index in [0.29, 0.717) is 0 Å². The van der Waals surface area contributed by atoms with Crippen LogP contribution in [0.5, 0.6) is 0 Å². The molecule has 0 amide bonds. The van der Waals surface area contributed by atoms with Crippen molar-refractivity contribution in [1.82, 2.24) is 0 Å². The van der Waals surface area contributed by atoms with Crippen molar-refractivity contribution in [2.75, 3.05) is 0 Å². The first-order valence-electron chi connectivity index (χ1n) is 0.519. The summed E-state index contributed by atoms with van der Waals surface area (Å²) >= 11 is 4.21. The molecule has 0 N–H and O–H groups in total. The van der Waals surface area contributed by atoms with E-state index in [2.05, 4.69) is 16.3 Å². The van der Waals surface area contributed by atoms with E-state index in [1.165, 1.54) is 0 Å². The van der Waals surface area contributed by atoms with Crippen LogP contribution in [-0.2, 0) is 4.39 Å². The molecular weight excluding hydrogens is 104 g/mol. The second-order valence-electron chi connectivity index (χ2n) is 0.144. The summed E-state index contributed by atoms with van der Waals surface area (Å²) in [5, 5.41) is 1.75. The standard InChI is InChI=1S/ClNO2.Na.H/c1-4-2-3;;. The molecule has 5 heteroatoms. The molecule has 0 saturated heterocycles. The molecule has 0 spiro atoms. The summed E-state index contributed by atoms with van der Waals surface area (Å²) in [5.41, 5.74) is 0. The number of hydrogen-bond acceptors (Lipinski definition) is 3. The van der Waals surface area contributed by atoms with Crippen LogP contribution in [0.15, 0.2) is 5.34 Å². The number of rotatable bonds is 1. The molecule has 0 aromatic rings. The Bertz CT molecular complexity index is 23.6. The molecule has 0 heterocycles. The van der Waals surface area contributed by atoms with Gasteiger partial charge in [-0.25, -0.2) is 4.39 Å². The van der Waals surface area contributed by atoms with E-state index in [1.807, 2.05) is 0 Å². The predicted octanol–water partition coefficient (Wildman–Crippen LogP) is 0.190. The topological polar surface area (TPSA) is 38.7 Å². The monoisotopic (exact) mass is 105 g/mol. The SMILES string of the molecule is O=NOCl.[NaH]. The first-order chi connectivity index (χ1) is 1.91. The normalized spacial score (nSPS) is 4.20. The summed E-state index contributed by atoms with van der Waals surface area (Å²) in [7, 11) is 0. The minimum atomic E-state index is 0. The molecule has 0 aliphatic rings. The molecule has 0 atom stereocenters. The Kier molecular flexibility index (Phi) is 16.2. The van der Waals surface area contributed by atoms with Crippen molar-refractivity contribution in [2.24, 2.45) is 5.34 Å². The number of nitrogens with zero attached hydrogens (tertiary/aromatic N) is 1. The molecule has 0 fully saturated rings. The molecule has 0 radical (unpaired) electrons. The molecule has 5 heavy (non-hydrogen) atoms. The molecule has 0 aromatic heterocycles. The fourth-order valence-electron chi connectivity index (χ4n) is 0. The number of hydrogen-bond donors (Lipinski definition) is 0. The third kappa shape index (κ3) is 11.9. The Morgan fingerprint density at radius 3 is 2.00 bits per heavy atom. The fraction of sp³-hybridized carbons (Fsp3) is 0.